The van der Waals surface area contributed by atoms with Gasteiger partial charge in [0, 0.05) is 58.7 Å². The van der Waals surface area contributed by atoms with Crippen molar-refractivity contribution in [2.45, 2.75) is 12.2 Å². The van der Waals surface area contributed by atoms with Gasteiger partial charge in [-0.3, -0.25) is 19.5 Å². The van der Waals surface area contributed by atoms with E-state index in [-0.39, 0.29) is 17.3 Å². The highest BCUT2D eigenvalue weighted by Crippen LogP contribution is 2.65. The average Bonchev–Trinajstić information content (AvgIpc) is 2.84. The maximum atomic E-state index is 13.5. The summed E-state index contributed by atoms with van der Waals surface area (Å²) in [5, 5.41) is 11.6. The molecular formula is C24H31N4O6PS. The first-order valence-electron chi connectivity index (χ1n) is 11.3. The predicted molar refractivity (Wildman–Crippen MR) is 142 cm³/mol. The Morgan fingerprint density at radius 3 is 2.58 bits per heavy atom. The lowest BCUT2D eigenvalue weighted by molar-refractivity contribution is -0.385. The van der Waals surface area contributed by atoms with Crippen LogP contribution in [0.3, 0.4) is 0 Å². The molecule has 1 amide bonds. The highest BCUT2D eigenvalue weighted by molar-refractivity contribution is 8.55. The molecule has 36 heavy (non-hydrogen) atoms. The summed E-state index contributed by atoms with van der Waals surface area (Å²) in [5.74, 6) is 0.604. The molecule has 1 saturated heterocycles. The van der Waals surface area contributed by atoms with Gasteiger partial charge in [0.05, 0.1) is 11.5 Å². The molecule has 0 spiro atoms. The van der Waals surface area contributed by atoms with Gasteiger partial charge < -0.3 is 19.1 Å². The molecule has 0 saturated carbocycles. The number of benzene rings is 2. The van der Waals surface area contributed by atoms with Crippen LogP contribution < -0.4 is 4.74 Å². The SMILES string of the molecule is CN(C)/C=C\CN1CCCOP1(=O)SCc1ccc([N+](=O)[O-])c(Oc2ccc(C(=O)N(C)C)cc2)c1. The van der Waals surface area contributed by atoms with Crippen molar-refractivity contribution in [2.75, 3.05) is 47.9 Å². The van der Waals surface area contributed by atoms with Crippen molar-refractivity contribution in [1.82, 2.24) is 14.5 Å². The zero-order valence-corrected chi connectivity index (χ0v) is 22.5. The van der Waals surface area contributed by atoms with Crippen LogP contribution in [0, 0.1) is 10.1 Å². The van der Waals surface area contributed by atoms with Crippen molar-refractivity contribution in [3.8, 4) is 11.5 Å². The van der Waals surface area contributed by atoms with Crippen LogP contribution in [0.4, 0.5) is 5.69 Å². The van der Waals surface area contributed by atoms with E-state index in [1.807, 2.05) is 35.9 Å². The molecule has 3 rings (SSSR count). The minimum absolute atomic E-state index is 0.0680. The van der Waals surface area contributed by atoms with Gasteiger partial charge in [-0.25, -0.2) is 4.67 Å². The smallest absolute Gasteiger partial charge is 0.329 e. The fourth-order valence-electron chi connectivity index (χ4n) is 3.41. The fraction of sp³-hybridized carbons (Fsp3) is 0.375. The Hall–Kier alpha value is -2.85. The quantitative estimate of drug-likeness (QED) is 0.230. The van der Waals surface area contributed by atoms with Crippen molar-refractivity contribution in [3.63, 3.8) is 0 Å². The molecule has 1 unspecified atom stereocenters. The standard InChI is InChI=1S/C24H31N4O6PS/c1-25(2)13-5-14-27-15-6-16-33-35(27,32)36-18-19-7-12-22(28(30)31)23(17-19)34-21-10-8-20(9-11-21)24(29)26(3)4/h5,7-13,17H,6,14-16,18H2,1-4H3/b13-5-. The topological polar surface area (TPSA) is 105 Å². The normalized spacial score (nSPS) is 18.2. The van der Waals surface area contributed by atoms with E-state index in [2.05, 4.69) is 0 Å². The van der Waals surface area contributed by atoms with Crippen LogP contribution in [-0.4, -0.2) is 73.2 Å². The first-order valence-corrected chi connectivity index (χ1v) is 14.5. The number of nitro groups is 1. The summed E-state index contributed by atoms with van der Waals surface area (Å²) in [5.41, 5.74) is 1.01. The second-order valence-electron chi connectivity index (χ2n) is 8.57. The second kappa shape index (κ2) is 12.4. The van der Waals surface area contributed by atoms with Gasteiger partial charge in [-0.2, -0.15) is 0 Å². The van der Waals surface area contributed by atoms with E-state index in [0.717, 1.165) is 6.42 Å². The number of nitro benzene ring substituents is 1. The van der Waals surface area contributed by atoms with Crippen LogP contribution in [0.2, 0.25) is 0 Å². The van der Waals surface area contributed by atoms with Gasteiger partial charge in [-0.05, 0) is 59.9 Å². The van der Waals surface area contributed by atoms with Crippen molar-refractivity contribution in [1.29, 1.82) is 0 Å². The van der Waals surface area contributed by atoms with E-state index in [4.69, 9.17) is 9.26 Å². The monoisotopic (exact) mass is 534 g/mol. The Morgan fingerprint density at radius 1 is 1.22 bits per heavy atom. The molecule has 0 aliphatic carbocycles. The van der Waals surface area contributed by atoms with Gasteiger partial charge in [-0.15, -0.1) is 0 Å². The third-order valence-corrected chi connectivity index (χ3v) is 9.96. The third kappa shape index (κ3) is 7.33. The maximum Gasteiger partial charge on any atom is 0.329 e. The molecule has 1 aliphatic heterocycles. The number of hydrogen-bond donors (Lipinski definition) is 0. The summed E-state index contributed by atoms with van der Waals surface area (Å²) in [6.45, 7) is -1.51. The minimum Gasteiger partial charge on any atom is -0.450 e. The molecule has 2 aromatic rings. The van der Waals surface area contributed by atoms with Crippen molar-refractivity contribution in [3.05, 3.63) is 76.0 Å². The summed E-state index contributed by atoms with van der Waals surface area (Å²) in [7, 11) is 7.16. The van der Waals surface area contributed by atoms with Gasteiger partial charge in [0.15, 0.2) is 0 Å². The number of rotatable bonds is 10. The zero-order chi connectivity index (χ0) is 26.3. The predicted octanol–water partition coefficient (Wildman–Crippen LogP) is 5.23. The molecule has 10 nitrogen and oxygen atoms in total. The Morgan fingerprint density at radius 2 is 1.94 bits per heavy atom. The lowest BCUT2D eigenvalue weighted by atomic mass is 10.2. The summed E-state index contributed by atoms with van der Waals surface area (Å²) in [4.78, 5) is 26.5. The lowest BCUT2D eigenvalue weighted by Crippen LogP contribution is -2.27. The molecule has 1 heterocycles. The highest BCUT2D eigenvalue weighted by Gasteiger charge is 2.35. The number of hydrogen-bond acceptors (Lipinski definition) is 8. The van der Waals surface area contributed by atoms with E-state index >= 15 is 0 Å². The Labute approximate surface area is 215 Å². The van der Waals surface area contributed by atoms with Gasteiger partial charge in [0.25, 0.3) is 5.91 Å². The van der Waals surface area contributed by atoms with E-state index in [1.165, 1.54) is 22.3 Å². The van der Waals surface area contributed by atoms with Gasteiger partial charge in [0.2, 0.25) is 5.75 Å². The van der Waals surface area contributed by atoms with Crippen LogP contribution in [0.25, 0.3) is 0 Å². The molecule has 2 aromatic carbocycles. The number of amides is 1. The highest BCUT2D eigenvalue weighted by atomic mass is 32.7. The van der Waals surface area contributed by atoms with E-state index in [0.29, 0.717) is 42.3 Å². The van der Waals surface area contributed by atoms with Crippen LogP contribution in [0.1, 0.15) is 22.3 Å². The van der Waals surface area contributed by atoms with Gasteiger partial charge in [0.1, 0.15) is 5.75 Å². The molecule has 1 atom stereocenters. The lowest BCUT2D eigenvalue weighted by Gasteiger charge is -2.33. The summed E-state index contributed by atoms with van der Waals surface area (Å²) in [6.07, 6.45) is 4.65. The Kier molecular flexibility index (Phi) is 9.56. The van der Waals surface area contributed by atoms with Crippen LogP contribution in [0.15, 0.2) is 54.7 Å². The second-order valence-corrected chi connectivity index (χ2v) is 13.0. The van der Waals surface area contributed by atoms with Gasteiger partial charge in [-0.1, -0.05) is 12.1 Å². The number of ether oxygens (including phenoxy) is 1. The molecular weight excluding hydrogens is 503 g/mol. The van der Waals surface area contributed by atoms with Crippen molar-refractivity contribution < 1.29 is 23.5 Å². The van der Waals surface area contributed by atoms with E-state index < -0.39 is 11.6 Å². The molecule has 0 aromatic heterocycles. The third-order valence-electron chi connectivity index (χ3n) is 5.23. The maximum absolute atomic E-state index is 13.5. The number of carbonyl (C=O) groups is 1. The van der Waals surface area contributed by atoms with Crippen LogP contribution >= 0.6 is 18.1 Å². The molecule has 0 N–H and O–H groups in total. The summed E-state index contributed by atoms with van der Waals surface area (Å²) >= 11 is 1.20. The molecule has 0 radical (unpaired) electrons. The molecule has 12 heteroatoms. The first-order chi connectivity index (χ1) is 17.1. The van der Waals surface area contributed by atoms with Gasteiger partial charge >= 0.3 is 12.4 Å². The van der Waals surface area contributed by atoms with E-state index in [1.54, 1.807) is 50.5 Å². The van der Waals surface area contributed by atoms with Crippen molar-refractivity contribution in [2.24, 2.45) is 0 Å². The minimum atomic E-state index is -3.12. The van der Waals surface area contributed by atoms with Crippen LogP contribution in [-0.2, 0) is 14.8 Å². The Balaban J connectivity index is 1.75. The first kappa shape index (κ1) is 27.7. The van der Waals surface area contributed by atoms with Crippen molar-refractivity contribution >= 4 is 29.7 Å². The largest absolute Gasteiger partial charge is 0.450 e. The molecule has 0 bridgehead atoms. The zero-order valence-electron chi connectivity index (χ0n) is 20.8. The molecule has 1 aliphatic rings. The number of nitrogens with zero attached hydrogens (tertiary/aromatic N) is 4. The van der Waals surface area contributed by atoms with E-state index in [9.17, 15) is 19.5 Å². The summed E-state index contributed by atoms with van der Waals surface area (Å²) in [6, 6.07) is 11.0. The summed E-state index contributed by atoms with van der Waals surface area (Å²) < 4.78 is 26.9. The average molecular weight is 535 g/mol. The fourth-order valence-corrected chi connectivity index (χ4v) is 7.66. The Bertz CT molecular complexity index is 1160. The molecule has 194 valence electrons. The number of carbonyl (C=O) groups excluding carboxylic acids is 1. The molecule has 1 fully saturated rings. The van der Waals surface area contributed by atoms with Crippen LogP contribution in [0.5, 0.6) is 11.5 Å².